The van der Waals surface area contributed by atoms with Crippen molar-refractivity contribution in [3.05, 3.63) is 23.3 Å². The van der Waals surface area contributed by atoms with E-state index >= 15 is 0 Å². The van der Waals surface area contributed by atoms with Crippen molar-refractivity contribution in [2.45, 2.75) is 171 Å². The zero-order valence-electron chi connectivity index (χ0n) is 31.9. The number of Topliss-reactive ketones (excluding diaryl/α,β-unsaturated/α-hetero) is 1. The normalized spacial score (nSPS) is 52.7. The number of aliphatic hydroxyl groups excluding tert-OH is 9. The van der Waals surface area contributed by atoms with Gasteiger partial charge in [0, 0.05) is 0 Å². The van der Waals surface area contributed by atoms with E-state index in [-0.39, 0.29) is 16.6 Å². The molecule has 55 heavy (non-hydrogen) atoms. The van der Waals surface area contributed by atoms with Crippen molar-refractivity contribution < 1.29 is 79.2 Å². The molecule has 0 amide bonds. The summed E-state index contributed by atoms with van der Waals surface area (Å²) in [6.45, 7) is 6.31. The van der Waals surface area contributed by atoms with Crippen LogP contribution in [0.1, 0.15) is 72.6 Å². The van der Waals surface area contributed by atoms with Crippen LogP contribution in [0.3, 0.4) is 0 Å². The van der Waals surface area contributed by atoms with E-state index in [1.54, 1.807) is 6.92 Å². The molecule has 3 saturated heterocycles. The molecule has 9 N–H and O–H groups in total. The van der Waals surface area contributed by atoms with Gasteiger partial charge in [0.15, 0.2) is 24.7 Å². The van der Waals surface area contributed by atoms with Gasteiger partial charge in [0.25, 0.3) is 0 Å². The molecule has 16 heteroatoms. The van der Waals surface area contributed by atoms with Gasteiger partial charge >= 0.3 is 0 Å². The number of rotatable bonds is 9. The number of hydrogen-bond donors (Lipinski definition) is 9. The van der Waals surface area contributed by atoms with E-state index in [1.165, 1.54) is 12.5 Å². The first-order valence-electron chi connectivity index (χ1n) is 19.9. The Bertz CT molecular complexity index is 1460. The minimum atomic E-state index is -1.85. The Hall–Kier alpha value is -1.45. The van der Waals surface area contributed by atoms with Crippen molar-refractivity contribution in [3.63, 3.8) is 0 Å². The fourth-order valence-electron chi connectivity index (χ4n) is 11.1. The first-order chi connectivity index (χ1) is 26.0. The van der Waals surface area contributed by atoms with Crippen LogP contribution < -0.4 is 0 Å². The standard InChI is InChI=1S/C39H60O16/c1-16(42)21-7-8-22-20-6-5-18-13-19(9-11-38(18,3)23(20)10-12-39(21,22)4)51-37-34(55-35-31(48)29(46)26(43)17(2)50-35)33(28(45)25(15-41)53-37)54-36-32(49)30(47)27(44)24(14-40)52-36/h5,7,17,19-20,22-37,40-41,43-49H,6,8-15H2,1-4H3/t17?,19?,20-,22-,23-,24+,25+,26+,27-,28-,29-,30-,31-,32+,33-,34+,35?,36?,37?,38-,39+/m0/s1. The third-order valence-electron chi connectivity index (χ3n) is 14.4. The van der Waals surface area contributed by atoms with Crippen LogP contribution >= 0.6 is 0 Å². The molecule has 7 rings (SSSR count). The number of carbonyl (C=O) groups excluding carboxylic acids is 1. The van der Waals surface area contributed by atoms with Crippen LogP contribution in [0.5, 0.6) is 0 Å². The van der Waals surface area contributed by atoms with Crippen molar-refractivity contribution in [2.75, 3.05) is 13.2 Å². The van der Waals surface area contributed by atoms with Crippen LogP contribution in [-0.2, 0) is 33.2 Å². The van der Waals surface area contributed by atoms with Crippen molar-refractivity contribution in [1.29, 1.82) is 0 Å². The highest BCUT2D eigenvalue weighted by molar-refractivity contribution is 5.95. The van der Waals surface area contributed by atoms with Crippen molar-refractivity contribution >= 4 is 5.78 Å². The molecule has 2 saturated carbocycles. The van der Waals surface area contributed by atoms with Gasteiger partial charge in [-0.15, -0.1) is 0 Å². The van der Waals surface area contributed by atoms with E-state index in [2.05, 4.69) is 26.0 Å². The minimum Gasteiger partial charge on any atom is -0.394 e. The summed E-state index contributed by atoms with van der Waals surface area (Å²) in [5.41, 5.74) is 2.05. The molecule has 3 heterocycles. The second kappa shape index (κ2) is 16.0. The predicted octanol–water partition coefficient (Wildman–Crippen LogP) is -1.06. The second-order valence-electron chi connectivity index (χ2n) is 17.4. The quantitative estimate of drug-likeness (QED) is 0.126. The average Bonchev–Trinajstić information content (AvgIpc) is 3.52. The van der Waals surface area contributed by atoms with E-state index < -0.39 is 111 Å². The topological polar surface area (TPSA) is 255 Å². The van der Waals surface area contributed by atoms with Gasteiger partial charge in [-0.25, -0.2) is 0 Å². The molecule has 3 aliphatic heterocycles. The van der Waals surface area contributed by atoms with Gasteiger partial charge in [-0.2, -0.15) is 0 Å². The van der Waals surface area contributed by atoms with Gasteiger partial charge in [0.05, 0.1) is 25.4 Å². The summed E-state index contributed by atoms with van der Waals surface area (Å²) >= 11 is 0. The van der Waals surface area contributed by atoms with E-state index in [4.69, 9.17) is 28.4 Å². The van der Waals surface area contributed by atoms with Gasteiger partial charge in [0.2, 0.25) is 0 Å². The van der Waals surface area contributed by atoms with Crippen molar-refractivity contribution in [3.8, 4) is 0 Å². The van der Waals surface area contributed by atoms with E-state index in [0.717, 1.165) is 37.7 Å². The molecule has 0 spiro atoms. The Labute approximate surface area is 320 Å². The smallest absolute Gasteiger partial charge is 0.187 e. The number of ketones is 1. The van der Waals surface area contributed by atoms with Crippen LogP contribution in [-0.4, -0.2) is 163 Å². The molecule has 0 aromatic carbocycles. The maximum Gasteiger partial charge on any atom is 0.187 e. The highest BCUT2D eigenvalue weighted by atomic mass is 16.8. The summed E-state index contributed by atoms with van der Waals surface area (Å²) < 4.78 is 36.3. The van der Waals surface area contributed by atoms with Gasteiger partial charge in [0.1, 0.15) is 67.1 Å². The molecular formula is C39H60O16. The Morgan fingerprint density at radius 2 is 1.29 bits per heavy atom. The van der Waals surface area contributed by atoms with Crippen LogP contribution in [0.4, 0.5) is 0 Å². The molecule has 0 aromatic rings. The van der Waals surface area contributed by atoms with Gasteiger partial charge in [-0.05, 0) is 93.0 Å². The number of aliphatic hydroxyl groups is 9. The van der Waals surface area contributed by atoms with Crippen LogP contribution in [0.15, 0.2) is 23.3 Å². The number of fused-ring (bicyclic) bond motifs is 5. The Morgan fingerprint density at radius 1 is 0.691 bits per heavy atom. The largest absolute Gasteiger partial charge is 0.394 e. The first-order valence-corrected chi connectivity index (χ1v) is 19.9. The third-order valence-corrected chi connectivity index (χ3v) is 14.4. The summed E-state index contributed by atoms with van der Waals surface area (Å²) in [5.74, 6) is 1.45. The predicted molar refractivity (Wildman–Crippen MR) is 188 cm³/mol. The van der Waals surface area contributed by atoms with Crippen molar-refractivity contribution in [1.82, 2.24) is 0 Å². The summed E-state index contributed by atoms with van der Waals surface area (Å²) in [6.07, 6.45) is -13.4. The fraction of sp³-hybridized carbons (Fsp3) is 0.872. The lowest BCUT2D eigenvalue weighted by Crippen LogP contribution is -2.67. The Balaban J connectivity index is 1.14. The number of allylic oxidation sites excluding steroid dienone is 3. The summed E-state index contributed by atoms with van der Waals surface area (Å²) in [5, 5.41) is 95.0. The van der Waals surface area contributed by atoms with Gasteiger partial charge in [-0.1, -0.05) is 31.6 Å². The maximum absolute atomic E-state index is 12.6. The maximum atomic E-state index is 12.6. The molecular weight excluding hydrogens is 724 g/mol. The van der Waals surface area contributed by atoms with Gasteiger partial charge in [-0.3, -0.25) is 4.79 Å². The van der Waals surface area contributed by atoms with Crippen LogP contribution in [0, 0.1) is 28.6 Å². The fourth-order valence-corrected chi connectivity index (χ4v) is 11.1. The lowest BCUT2D eigenvalue weighted by molar-refractivity contribution is -0.394. The number of ether oxygens (including phenoxy) is 6. The highest BCUT2D eigenvalue weighted by Gasteiger charge is 2.59. The summed E-state index contributed by atoms with van der Waals surface area (Å²) in [7, 11) is 0. The Morgan fingerprint density at radius 3 is 1.96 bits per heavy atom. The average molecular weight is 785 g/mol. The molecule has 0 aromatic heterocycles. The van der Waals surface area contributed by atoms with Crippen LogP contribution in [0.25, 0.3) is 0 Å². The van der Waals surface area contributed by atoms with E-state index in [9.17, 15) is 50.8 Å². The molecule has 16 nitrogen and oxygen atoms in total. The molecule has 5 fully saturated rings. The zero-order chi connectivity index (χ0) is 39.7. The molecule has 7 aliphatic rings. The zero-order valence-corrected chi connectivity index (χ0v) is 31.9. The lowest BCUT2D eigenvalue weighted by atomic mass is 9.47. The molecule has 21 atom stereocenters. The Kier molecular flexibility index (Phi) is 12.1. The molecule has 5 unspecified atom stereocenters. The number of carbonyl (C=O) groups is 1. The lowest BCUT2D eigenvalue weighted by Gasteiger charge is -2.58. The highest BCUT2D eigenvalue weighted by Crippen LogP contribution is 2.65. The van der Waals surface area contributed by atoms with E-state index in [1.807, 2.05) is 0 Å². The molecule has 0 radical (unpaired) electrons. The third kappa shape index (κ3) is 7.20. The molecule has 312 valence electrons. The van der Waals surface area contributed by atoms with E-state index in [0.29, 0.717) is 30.6 Å². The number of hydrogen-bond acceptors (Lipinski definition) is 16. The summed E-state index contributed by atoms with van der Waals surface area (Å²) in [6, 6.07) is 0. The minimum absolute atomic E-state index is 0.0852. The van der Waals surface area contributed by atoms with Crippen molar-refractivity contribution in [2.24, 2.45) is 28.6 Å². The van der Waals surface area contributed by atoms with Gasteiger partial charge < -0.3 is 74.4 Å². The second-order valence-corrected chi connectivity index (χ2v) is 17.4. The molecule has 4 aliphatic carbocycles. The SMILES string of the molecule is CC(=O)C1=CC[C@H]2[C@@H]3CC=C4CC(OC5O[C@H](CO)[C@H](O)[C@H](OC6O[C@H](CO)[C@H](O)[C@H](O)[C@H]6O)[C@H]5OC5OC(C)[C@@H](O)[C@H](O)[C@@H]5O)CC[C@]4(C)[C@H]3CC[C@]12C. The molecule has 0 bridgehead atoms. The summed E-state index contributed by atoms with van der Waals surface area (Å²) in [4.78, 5) is 12.6. The first kappa shape index (κ1) is 41.7. The monoisotopic (exact) mass is 784 g/mol. The van der Waals surface area contributed by atoms with Crippen LogP contribution in [0.2, 0.25) is 0 Å².